The van der Waals surface area contributed by atoms with Gasteiger partial charge >= 0.3 is 0 Å². The fourth-order valence-corrected chi connectivity index (χ4v) is 4.19. The normalized spacial score (nSPS) is 26.4. The molecule has 1 amide bonds. The van der Waals surface area contributed by atoms with Crippen LogP contribution in [0.2, 0.25) is 0 Å². The lowest BCUT2D eigenvalue weighted by Gasteiger charge is -2.44. The first-order valence-electron chi connectivity index (χ1n) is 7.52. The highest BCUT2D eigenvalue weighted by Crippen LogP contribution is 2.29. The molecule has 20 heavy (non-hydrogen) atoms. The van der Waals surface area contributed by atoms with Gasteiger partial charge in [-0.05, 0) is 44.0 Å². The molecular weight excluding hydrogens is 268 g/mol. The Balaban J connectivity index is 1.55. The number of likely N-dealkylation sites (tertiary alicyclic amines) is 1. The summed E-state index contributed by atoms with van der Waals surface area (Å²) < 4.78 is 0. The van der Waals surface area contributed by atoms with Crippen LogP contribution in [-0.4, -0.2) is 42.2 Å². The molecule has 2 saturated heterocycles. The summed E-state index contributed by atoms with van der Waals surface area (Å²) in [6.07, 6.45) is 2.92. The molecule has 1 aromatic rings. The van der Waals surface area contributed by atoms with Gasteiger partial charge in [0, 0.05) is 29.7 Å². The van der Waals surface area contributed by atoms with Crippen LogP contribution in [0.25, 0.3) is 0 Å². The number of nitrogens with one attached hydrogen (secondary N) is 1. The highest BCUT2D eigenvalue weighted by molar-refractivity contribution is 7.99. The lowest BCUT2D eigenvalue weighted by atomic mass is 9.84. The van der Waals surface area contributed by atoms with Crippen LogP contribution < -0.4 is 5.32 Å². The molecule has 2 fully saturated rings. The van der Waals surface area contributed by atoms with Gasteiger partial charge in [-0.2, -0.15) is 0 Å². The van der Waals surface area contributed by atoms with Crippen molar-refractivity contribution >= 4 is 17.7 Å². The molecule has 0 spiro atoms. The van der Waals surface area contributed by atoms with Crippen molar-refractivity contribution in [2.45, 2.75) is 30.2 Å². The second-order valence-electron chi connectivity index (χ2n) is 5.61. The highest BCUT2D eigenvalue weighted by Gasteiger charge is 2.36. The van der Waals surface area contributed by atoms with Gasteiger partial charge in [0.25, 0.3) is 0 Å². The van der Waals surface area contributed by atoms with Gasteiger partial charge in [0.1, 0.15) is 0 Å². The smallest absolute Gasteiger partial charge is 0.222 e. The zero-order chi connectivity index (χ0) is 13.8. The second kappa shape index (κ2) is 6.64. The number of fused-ring (bicyclic) bond motifs is 1. The molecule has 2 unspecified atom stereocenters. The summed E-state index contributed by atoms with van der Waals surface area (Å²) in [5.41, 5.74) is 0. The monoisotopic (exact) mass is 290 g/mol. The van der Waals surface area contributed by atoms with Crippen LogP contribution in [0.5, 0.6) is 0 Å². The van der Waals surface area contributed by atoms with Gasteiger partial charge in [-0.3, -0.25) is 4.79 Å². The van der Waals surface area contributed by atoms with Crippen molar-refractivity contribution in [2.24, 2.45) is 5.92 Å². The van der Waals surface area contributed by atoms with Gasteiger partial charge in [-0.25, -0.2) is 0 Å². The number of amides is 1. The maximum Gasteiger partial charge on any atom is 0.222 e. The molecule has 0 bridgehead atoms. The number of hydrogen-bond acceptors (Lipinski definition) is 3. The SMILES string of the molecule is O=C1CCC2CNCCC2N1CCSc1ccccc1. The molecule has 0 radical (unpaired) electrons. The maximum atomic E-state index is 12.2. The summed E-state index contributed by atoms with van der Waals surface area (Å²) >= 11 is 1.85. The molecule has 2 heterocycles. The van der Waals surface area contributed by atoms with E-state index in [9.17, 15) is 4.79 Å². The Morgan fingerprint density at radius 1 is 1.25 bits per heavy atom. The first-order valence-corrected chi connectivity index (χ1v) is 8.51. The molecule has 4 heteroatoms. The van der Waals surface area contributed by atoms with E-state index in [0.29, 0.717) is 17.9 Å². The molecule has 1 N–H and O–H groups in total. The Bertz CT molecular complexity index is 451. The van der Waals surface area contributed by atoms with Crippen molar-refractivity contribution < 1.29 is 4.79 Å². The van der Waals surface area contributed by atoms with Gasteiger partial charge in [-0.15, -0.1) is 11.8 Å². The zero-order valence-electron chi connectivity index (χ0n) is 11.8. The summed E-state index contributed by atoms with van der Waals surface area (Å²) in [5.74, 6) is 2.02. The zero-order valence-corrected chi connectivity index (χ0v) is 12.6. The summed E-state index contributed by atoms with van der Waals surface area (Å²) in [6.45, 7) is 3.02. The molecule has 2 atom stereocenters. The van der Waals surface area contributed by atoms with E-state index in [1.165, 1.54) is 4.90 Å². The molecule has 2 aliphatic rings. The van der Waals surface area contributed by atoms with Crippen molar-refractivity contribution in [1.82, 2.24) is 10.2 Å². The number of benzene rings is 1. The standard InChI is InChI=1S/C16H22N2OS/c19-16-7-6-13-12-17-9-8-15(13)18(16)10-11-20-14-4-2-1-3-5-14/h1-5,13,15,17H,6-12H2. The van der Waals surface area contributed by atoms with Crippen LogP contribution >= 0.6 is 11.8 Å². The van der Waals surface area contributed by atoms with Crippen LogP contribution in [0.3, 0.4) is 0 Å². The van der Waals surface area contributed by atoms with E-state index < -0.39 is 0 Å². The van der Waals surface area contributed by atoms with Gasteiger partial charge in [0.2, 0.25) is 5.91 Å². The average Bonchev–Trinajstić information content (AvgIpc) is 2.50. The average molecular weight is 290 g/mol. The predicted octanol–water partition coefficient (Wildman–Crippen LogP) is 2.38. The van der Waals surface area contributed by atoms with Crippen molar-refractivity contribution in [3.8, 4) is 0 Å². The van der Waals surface area contributed by atoms with E-state index in [1.54, 1.807) is 0 Å². The maximum absolute atomic E-state index is 12.2. The van der Waals surface area contributed by atoms with Crippen LogP contribution in [0.15, 0.2) is 35.2 Å². The number of rotatable bonds is 4. The summed E-state index contributed by atoms with van der Waals surface area (Å²) in [4.78, 5) is 15.6. The molecule has 3 nitrogen and oxygen atoms in total. The number of piperidine rings is 2. The van der Waals surface area contributed by atoms with E-state index >= 15 is 0 Å². The van der Waals surface area contributed by atoms with Crippen molar-refractivity contribution in [3.63, 3.8) is 0 Å². The largest absolute Gasteiger partial charge is 0.339 e. The summed E-state index contributed by atoms with van der Waals surface area (Å²) in [7, 11) is 0. The Morgan fingerprint density at radius 3 is 2.95 bits per heavy atom. The first-order chi connectivity index (χ1) is 9.84. The molecule has 108 valence electrons. The third kappa shape index (κ3) is 3.18. The minimum atomic E-state index is 0.363. The summed E-state index contributed by atoms with van der Waals surface area (Å²) in [6, 6.07) is 10.9. The molecular formula is C16H22N2OS. The number of thioether (sulfide) groups is 1. The van der Waals surface area contributed by atoms with E-state index in [0.717, 1.165) is 44.6 Å². The van der Waals surface area contributed by atoms with Crippen molar-refractivity contribution in [1.29, 1.82) is 0 Å². The first kappa shape index (κ1) is 14.0. The Kier molecular flexibility index (Phi) is 4.63. The minimum Gasteiger partial charge on any atom is -0.339 e. The van der Waals surface area contributed by atoms with Crippen molar-refractivity contribution in [3.05, 3.63) is 30.3 Å². The molecule has 0 saturated carbocycles. The minimum absolute atomic E-state index is 0.363. The molecule has 0 aliphatic carbocycles. The fourth-order valence-electron chi connectivity index (χ4n) is 3.32. The van der Waals surface area contributed by atoms with Crippen LogP contribution in [0.4, 0.5) is 0 Å². The van der Waals surface area contributed by atoms with E-state index in [-0.39, 0.29) is 0 Å². The fraction of sp³-hybridized carbons (Fsp3) is 0.562. The quantitative estimate of drug-likeness (QED) is 0.864. The Morgan fingerprint density at radius 2 is 2.10 bits per heavy atom. The Labute approximate surface area is 125 Å². The second-order valence-corrected chi connectivity index (χ2v) is 6.78. The topological polar surface area (TPSA) is 32.3 Å². The van der Waals surface area contributed by atoms with E-state index in [4.69, 9.17) is 0 Å². The van der Waals surface area contributed by atoms with Crippen LogP contribution in [0.1, 0.15) is 19.3 Å². The lowest BCUT2D eigenvalue weighted by Crippen LogP contribution is -2.55. The number of carbonyl (C=O) groups is 1. The highest BCUT2D eigenvalue weighted by atomic mass is 32.2. The van der Waals surface area contributed by atoms with Crippen molar-refractivity contribution in [2.75, 3.05) is 25.4 Å². The van der Waals surface area contributed by atoms with Crippen LogP contribution in [-0.2, 0) is 4.79 Å². The molecule has 0 aromatic heterocycles. The molecule has 3 rings (SSSR count). The number of hydrogen-bond donors (Lipinski definition) is 1. The third-order valence-corrected chi connectivity index (χ3v) is 5.35. The van der Waals surface area contributed by atoms with Gasteiger partial charge in [-0.1, -0.05) is 18.2 Å². The summed E-state index contributed by atoms with van der Waals surface area (Å²) in [5, 5.41) is 3.46. The number of carbonyl (C=O) groups excluding carboxylic acids is 1. The number of nitrogens with zero attached hydrogens (tertiary/aromatic N) is 1. The van der Waals surface area contributed by atoms with E-state index in [1.807, 2.05) is 17.8 Å². The lowest BCUT2D eigenvalue weighted by molar-refractivity contribution is -0.139. The third-order valence-electron chi connectivity index (χ3n) is 4.36. The molecule has 2 aliphatic heterocycles. The predicted molar refractivity (Wildman–Crippen MR) is 82.9 cm³/mol. The Hall–Kier alpha value is -1.00. The van der Waals surface area contributed by atoms with Gasteiger partial charge in [0.05, 0.1) is 0 Å². The molecule has 1 aromatic carbocycles. The van der Waals surface area contributed by atoms with Gasteiger partial charge < -0.3 is 10.2 Å². The van der Waals surface area contributed by atoms with Crippen LogP contribution in [0, 0.1) is 5.92 Å². The van der Waals surface area contributed by atoms with Gasteiger partial charge in [0.15, 0.2) is 0 Å². The van der Waals surface area contributed by atoms with E-state index in [2.05, 4.69) is 34.5 Å².